The molecule has 0 bridgehead atoms. The molecule has 2 aromatic rings. The van der Waals surface area contributed by atoms with Crippen molar-refractivity contribution in [1.82, 2.24) is 0 Å². The minimum absolute atomic E-state index is 0.893. The Bertz CT molecular complexity index is 470. The van der Waals surface area contributed by atoms with Gasteiger partial charge in [0.15, 0.2) is 0 Å². The van der Waals surface area contributed by atoms with Crippen molar-refractivity contribution in [2.75, 3.05) is 0 Å². The summed E-state index contributed by atoms with van der Waals surface area (Å²) in [5.41, 5.74) is 4.47. The lowest BCUT2D eigenvalue weighted by Gasteiger charge is -2.20. The minimum Gasteiger partial charge on any atom is -0.0683 e. The molecule has 2 aromatic carbocycles. The van der Waals surface area contributed by atoms with Crippen molar-refractivity contribution in [3.63, 3.8) is 0 Å². The Morgan fingerprint density at radius 1 is 0.727 bits per heavy atom. The molecule has 0 aliphatic heterocycles. The van der Waals surface area contributed by atoms with Gasteiger partial charge in [0.2, 0.25) is 0 Å². The van der Waals surface area contributed by atoms with E-state index in [4.69, 9.17) is 0 Å². The summed E-state index contributed by atoms with van der Waals surface area (Å²) in [4.78, 5) is 0. The van der Waals surface area contributed by atoms with Crippen molar-refractivity contribution in [2.45, 2.75) is 60.8 Å². The molecule has 1 unspecified atom stereocenters. The summed E-state index contributed by atoms with van der Waals surface area (Å²) in [7, 11) is 0. The van der Waals surface area contributed by atoms with Crippen LogP contribution in [-0.4, -0.2) is 0 Å². The molecule has 0 amide bonds. The van der Waals surface area contributed by atoms with Crippen molar-refractivity contribution in [1.29, 1.82) is 0 Å². The van der Waals surface area contributed by atoms with Crippen LogP contribution in [0.5, 0.6) is 0 Å². The maximum Gasteiger partial charge on any atom is -0.0250 e. The summed E-state index contributed by atoms with van der Waals surface area (Å²) < 4.78 is 0. The van der Waals surface area contributed by atoms with Crippen molar-refractivity contribution in [3.05, 3.63) is 71.3 Å². The first-order valence-corrected chi connectivity index (χ1v) is 8.84. The topological polar surface area (TPSA) is 0 Å². The largest absolute Gasteiger partial charge is 0.0683 e. The third kappa shape index (κ3) is 8.02. The van der Waals surface area contributed by atoms with E-state index in [1.165, 1.54) is 24.8 Å². The molecule has 0 nitrogen and oxygen atoms in total. The number of hydrogen-bond acceptors (Lipinski definition) is 0. The second kappa shape index (κ2) is 13.1. The Morgan fingerprint density at radius 2 is 1.23 bits per heavy atom. The average molecular weight is 299 g/mol. The molecule has 0 saturated carbocycles. The third-order valence-corrected chi connectivity index (χ3v) is 3.53. The van der Waals surface area contributed by atoms with E-state index in [0.29, 0.717) is 0 Å². The van der Waals surface area contributed by atoms with Gasteiger partial charge >= 0.3 is 0 Å². The van der Waals surface area contributed by atoms with Crippen LogP contribution in [0.15, 0.2) is 54.6 Å². The number of hydrogen-bond donors (Lipinski definition) is 0. The number of aryl methyl sites for hydroxylation is 2. The van der Waals surface area contributed by atoms with Gasteiger partial charge < -0.3 is 0 Å². The average Bonchev–Trinajstić information content (AvgIpc) is 2.60. The van der Waals surface area contributed by atoms with Crippen LogP contribution < -0.4 is 0 Å². The van der Waals surface area contributed by atoms with Gasteiger partial charge in [0.05, 0.1) is 0 Å². The third-order valence-electron chi connectivity index (χ3n) is 3.53. The van der Waals surface area contributed by atoms with E-state index in [1.54, 1.807) is 11.1 Å². The van der Waals surface area contributed by atoms with Crippen LogP contribution in [0, 0.1) is 12.8 Å². The molecule has 1 aliphatic carbocycles. The number of rotatable bonds is 0. The molecule has 0 fully saturated rings. The highest BCUT2D eigenvalue weighted by molar-refractivity contribution is 5.29. The van der Waals surface area contributed by atoms with E-state index < -0.39 is 0 Å². The molecule has 0 radical (unpaired) electrons. The SMILES string of the molecule is CC.CC.CC1CCc2ccccc2C1.Cc1ccccc1. The smallest absolute Gasteiger partial charge is 0.0250 e. The molecule has 3 rings (SSSR count). The van der Waals surface area contributed by atoms with Gasteiger partial charge in [-0.05, 0) is 43.2 Å². The summed E-state index contributed by atoms with van der Waals surface area (Å²) in [6, 6.07) is 19.1. The van der Waals surface area contributed by atoms with Gasteiger partial charge in [0, 0.05) is 0 Å². The van der Waals surface area contributed by atoms with E-state index in [0.717, 1.165) is 5.92 Å². The Kier molecular flexibility index (Phi) is 12.2. The number of benzene rings is 2. The second-order valence-corrected chi connectivity index (χ2v) is 5.27. The standard InChI is InChI=1S/C11H14.C7H8.2C2H6/c1-9-6-7-10-4-2-3-5-11(10)8-9;1-7-5-3-2-4-6-7;2*1-2/h2-5,9H,6-8H2,1H3;2-6H,1H3;2*1-2H3. The predicted octanol–water partition coefficient (Wildman–Crippen LogP) is 6.86. The quantitative estimate of drug-likeness (QED) is 0.498. The molecule has 1 atom stereocenters. The molecule has 0 spiro atoms. The fourth-order valence-corrected chi connectivity index (χ4v) is 2.41. The Hall–Kier alpha value is -1.56. The van der Waals surface area contributed by atoms with E-state index in [1.807, 2.05) is 45.9 Å². The van der Waals surface area contributed by atoms with Gasteiger partial charge in [0.1, 0.15) is 0 Å². The maximum atomic E-state index is 2.34. The van der Waals surface area contributed by atoms with Crippen LogP contribution in [0.1, 0.15) is 57.7 Å². The molecule has 0 aromatic heterocycles. The van der Waals surface area contributed by atoms with Crippen LogP contribution in [0.4, 0.5) is 0 Å². The van der Waals surface area contributed by atoms with Crippen molar-refractivity contribution in [2.24, 2.45) is 5.92 Å². The Morgan fingerprint density at radius 3 is 1.73 bits per heavy atom. The first-order valence-electron chi connectivity index (χ1n) is 8.84. The molecule has 1 aliphatic rings. The number of fused-ring (bicyclic) bond motifs is 1. The lowest BCUT2D eigenvalue weighted by Crippen LogP contribution is -2.10. The minimum atomic E-state index is 0.893. The molecular formula is C22H34. The highest BCUT2D eigenvalue weighted by atomic mass is 14.2. The highest BCUT2D eigenvalue weighted by Gasteiger charge is 2.13. The predicted molar refractivity (Wildman–Crippen MR) is 102 cm³/mol. The van der Waals surface area contributed by atoms with Gasteiger partial charge in [-0.15, -0.1) is 0 Å². The van der Waals surface area contributed by atoms with E-state index in [9.17, 15) is 0 Å². The zero-order chi connectivity index (χ0) is 16.8. The summed E-state index contributed by atoms with van der Waals surface area (Å²) in [6.07, 6.45) is 3.95. The fraction of sp³-hybridized carbons (Fsp3) is 0.455. The normalized spacial score (nSPS) is 14.7. The van der Waals surface area contributed by atoms with Gasteiger partial charge in [-0.25, -0.2) is 0 Å². The van der Waals surface area contributed by atoms with Crippen LogP contribution >= 0.6 is 0 Å². The van der Waals surface area contributed by atoms with Crippen LogP contribution in [-0.2, 0) is 12.8 Å². The fourth-order valence-electron chi connectivity index (χ4n) is 2.41. The summed E-state index contributed by atoms with van der Waals surface area (Å²) in [5.74, 6) is 0.893. The lowest BCUT2D eigenvalue weighted by atomic mass is 9.85. The van der Waals surface area contributed by atoms with Gasteiger partial charge in [-0.1, -0.05) is 94.8 Å². The molecule has 0 heteroatoms. The summed E-state index contributed by atoms with van der Waals surface area (Å²) >= 11 is 0. The summed E-state index contributed by atoms with van der Waals surface area (Å²) in [6.45, 7) is 12.4. The maximum absolute atomic E-state index is 2.34. The van der Waals surface area contributed by atoms with Gasteiger partial charge in [-0.3, -0.25) is 0 Å². The van der Waals surface area contributed by atoms with E-state index in [2.05, 4.69) is 50.2 Å². The highest BCUT2D eigenvalue weighted by Crippen LogP contribution is 2.24. The lowest BCUT2D eigenvalue weighted by molar-refractivity contribution is 0.501. The van der Waals surface area contributed by atoms with Crippen molar-refractivity contribution in [3.8, 4) is 0 Å². The van der Waals surface area contributed by atoms with Crippen LogP contribution in [0.25, 0.3) is 0 Å². The molecule has 0 N–H and O–H groups in total. The van der Waals surface area contributed by atoms with E-state index >= 15 is 0 Å². The molecule has 122 valence electrons. The second-order valence-electron chi connectivity index (χ2n) is 5.27. The van der Waals surface area contributed by atoms with Gasteiger partial charge in [-0.2, -0.15) is 0 Å². The van der Waals surface area contributed by atoms with E-state index in [-0.39, 0.29) is 0 Å². The first kappa shape index (κ1) is 20.4. The Labute approximate surface area is 138 Å². The molecule has 0 saturated heterocycles. The monoisotopic (exact) mass is 298 g/mol. The Balaban J connectivity index is 0.000000348. The van der Waals surface area contributed by atoms with Crippen molar-refractivity contribution < 1.29 is 0 Å². The van der Waals surface area contributed by atoms with Crippen LogP contribution in [0.3, 0.4) is 0 Å². The van der Waals surface area contributed by atoms with Crippen LogP contribution in [0.2, 0.25) is 0 Å². The molecule has 0 heterocycles. The molecule has 22 heavy (non-hydrogen) atoms. The van der Waals surface area contributed by atoms with Gasteiger partial charge in [0.25, 0.3) is 0 Å². The summed E-state index contributed by atoms with van der Waals surface area (Å²) in [5, 5.41) is 0. The zero-order valence-corrected chi connectivity index (χ0v) is 15.4. The van der Waals surface area contributed by atoms with Crippen molar-refractivity contribution >= 4 is 0 Å². The molecular weight excluding hydrogens is 264 g/mol. The first-order chi connectivity index (χ1) is 10.8. The zero-order valence-electron chi connectivity index (χ0n) is 15.4.